The first-order chi connectivity index (χ1) is 14.7. The molecule has 0 atom stereocenters. The second-order valence-electron chi connectivity index (χ2n) is 7.71. The summed E-state index contributed by atoms with van der Waals surface area (Å²) < 4.78 is 26.0. The van der Waals surface area contributed by atoms with Gasteiger partial charge in [0.15, 0.2) is 0 Å². The molecule has 3 aromatic rings. The van der Waals surface area contributed by atoms with Crippen molar-refractivity contribution in [2.75, 3.05) is 37.6 Å². The van der Waals surface area contributed by atoms with Crippen molar-refractivity contribution in [2.45, 2.75) is 6.42 Å². The summed E-state index contributed by atoms with van der Waals surface area (Å²) in [6.45, 7) is 4.95. The lowest BCUT2D eigenvalue weighted by Crippen LogP contribution is -2.46. The lowest BCUT2D eigenvalue weighted by atomic mass is 10.0. The molecule has 0 aromatic heterocycles. The summed E-state index contributed by atoms with van der Waals surface area (Å²) in [4.78, 5) is 4.85. The van der Waals surface area contributed by atoms with Crippen molar-refractivity contribution in [3.63, 3.8) is 0 Å². The van der Waals surface area contributed by atoms with E-state index in [-0.39, 0.29) is 11.6 Å². The molecule has 154 valence electrons. The Balaban J connectivity index is 1.25. The standard InChI is InChI=1S/C26H26F2N2/c27-24-9-3-21(4-10-24)2-1-15-29-16-18-30(19-17-29)26-13-7-23(8-14-26)20-22-5-11-25(28)12-6-22/h1-14H,15-20H2/b2-1+. The smallest absolute Gasteiger partial charge is 0.123 e. The van der Waals surface area contributed by atoms with Crippen LogP contribution in [0.3, 0.4) is 0 Å². The highest BCUT2D eigenvalue weighted by Crippen LogP contribution is 2.19. The fourth-order valence-corrected chi connectivity index (χ4v) is 3.76. The van der Waals surface area contributed by atoms with Crippen molar-refractivity contribution in [1.29, 1.82) is 0 Å². The van der Waals surface area contributed by atoms with Crippen molar-refractivity contribution in [1.82, 2.24) is 4.90 Å². The molecule has 1 aliphatic rings. The molecule has 1 fully saturated rings. The summed E-state index contributed by atoms with van der Waals surface area (Å²) in [5.41, 5.74) is 4.62. The fourth-order valence-electron chi connectivity index (χ4n) is 3.76. The molecule has 2 nitrogen and oxygen atoms in total. The lowest BCUT2D eigenvalue weighted by molar-refractivity contribution is 0.284. The zero-order chi connectivity index (χ0) is 20.8. The Kier molecular flexibility index (Phi) is 6.55. The van der Waals surface area contributed by atoms with Gasteiger partial charge in [-0.15, -0.1) is 0 Å². The van der Waals surface area contributed by atoms with Gasteiger partial charge < -0.3 is 4.90 Å². The Bertz CT molecular complexity index is 955. The molecular weight excluding hydrogens is 378 g/mol. The Morgan fingerprint density at radius 1 is 0.667 bits per heavy atom. The second-order valence-corrected chi connectivity index (χ2v) is 7.71. The van der Waals surface area contributed by atoms with E-state index >= 15 is 0 Å². The minimum atomic E-state index is -0.202. The van der Waals surface area contributed by atoms with Crippen molar-refractivity contribution in [2.24, 2.45) is 0 Å². The summed E-state index contributed by atoms with van der Waals surface area (Å²) in [5.74, 6) is -0.397. The average molecular weight is 405 g/mol. The molecular formula is C26H26F2N2. The maximum absolute atomic E-state index is 13.0. The van der Waals surface area contributed by atoms with Crippen LogP contribution >= 0.6 is 0 Å². The topological polar surface area (TPSA) is 6.48 Å². The van der Waals surface area contributed by atoms with Crippen LogP contribution in [-0.2, 0) is 6.42 Å². The highest BCUT2D eigenvalue weighted by Gasteiger charge is 2.16. The minimum absolute atomic E-state index is 0.195. The molecule has 0 amide bonds. The molecule has 3 aromatic carbocycles. The molecule has 0 aliphatic carbocycles. The van der Waals surface area contributed by atoms with Gasteiger partial charge in [0.1, 0.15) is 11.6 Å². The number of halogens is 2. The van der Waals surface area contributed by atoms with Gasteiger partial charge >= 0.3 is 0 Å². The van der Waals surface area contributed by atoms with Crippen LogP contribution in [0.15, 0.2) is 78.9 Å². The van der Waals surface area contributed by atoms with Crippen molar-refractivity contribution in [3.05, 3.63) is 107 Å². The van der Waals surface area contributed by atoms with E-state index in [1.54, 1.807) is 12.1 Å². The van der Waals surface area contributed by atoms with Gasteiger partial charge in [0.05, 0.1) is 0 Å². The third-order valence-corrected chi connectivity index (χ3v) is 5.54. The zero-order valence-corrected chi connectivity index (χ0v) is 17.0. The number of benzene rings is 3. The molecule has 0 bridgehead atoms. The van der Waals surface area contributed by atoms with Gasteiger partial charge in [-0.05, 0) is 59.5 Å². The predicted molar refractivity (Wildman–Crippen MR) is 120 cm³/mol. The number of piperazine rings is 1. The summed E-state index contributed by atoms with van der Waals surface area (Å²) in [5, 5.41) is 0. The average Bonchev–Trinajstić information content (AvgIpc) is 2.78. The highest BCUT2D eigenvalue weighted by molar-refractivity contribution is 5.50. The molecule has 0 radical (unpaired) electrons. The maximum Gasteiger partial charge on any atom is 0.123 e. The lowest BCUT2D eigenvalue weighted by Gasteiger charge is -2.35. The van der Waals surface area contributed by atoms with Gasteiger partial charge in [0, 0.05) is 38.4 Å². The fraction of sp³-hybridized carbons (Fsp3) is 0.231. The third-order valence-electron chi connectivity index (χ3n) is 5.54. The Labute approximate surface area is 177 Å². The molecule has 0 spiro atoms. The van der Waals surface area contributed by atoms with E-state index in [0.717, 1.165) is 50.3 Å². The molecule has 1 heterocycles. The number of hydrogen-bond acceptors (Lipinski definition) is 2. The van der Waals surface area contributed by atoms with E-state index in [1.807, 2.05) is 18.2 Å². The minimum Gasteiger partial charge on any atom is -0.369 e. The van der Waals surface area contributed by atoms with Crippen LogP contribution in [-0.4, -0.2) is 37.6 Å². The number of rotatable bonds is 6. The predicted octanol–water partition coefficient (Wildman–Crippen LogP) is 5.39. The van der Waals surface area contributed by atoms with Crippen LogP contribution < -0.4 is 4.90 Å². The van der Waals surface area contributed by atoms with E-state index in [4.69, 9.17) is 0 Å². The van der Waals surface area contributed by atoms with Crippen LogP contribution in [0.5, 0.6) is 0 Å². The summed E-state index contributed by atoms with van der Waals surface area (Å²) >= 11 is 0. The van der Waals surface area contributed by atoms with Crippen LogP contribution in [0, 0.1) is 11.6 Å². The number of anilines is 1. The van der Waals surface area contributed by atoms with E-state index in [9.17, 15) is 8.78 Å². The van der Waals surface area contributed by atoms with Crippen molar-refractivity contribution in [3.8, 4) is 0 Å². The van der Waals surface area contributed by atoms with Crippen molar-refractivity contribution >= 4 is 11.8 Å². The zero-order valence-electron chi connectivity index (χ0n) is 17.0. The van der Waals surface area contributed by atoms with E-state index in [1.165, 1.54) is 35.5 Å². The van der Waals surface area contributed by atoms with Crippen molar-refractivity contribution < 1.29 is 8.78 Å². The Hall–Kier alpha value is -2.98. The molecule has 30 heavy (non-hydrogen) atoms. The summed E-state index contributed by atoms with van der Waals surface area (Å²) in [7, 11) is 0. The molecule has 0 unspecified atom stereocenters. The van der Waals surface area contributed by atoms with Gasteiger partial charge in [-0.1, -0.05) is 48.6 Å². The largest absolute Gasteiger partial charge is 0.369 e. The normalized spacial score (nSPS) is 15.1. The molecule has 0 saturated carbocycles. The first-order valence-electron chi connectivity index (χ1n) is 10.4. The Morgan fingerprint density at radius 2 is 1.20 bits per heavy atom. The van der Waals surface area contributed by atoms with Crippen LogP contribution in [0.4, 0.5) is 14.5 Å². The highest BCUT2D eigenvalue weighted by atomic mass is 19.1. The summed E-state index contributed by atoms with van der Waals surface area (Å²) in [6, 6.07) is 22.0. The molecule has 0 N–H and O–H groups in total. The first-order valence-corrected chi connectivity index (χ1v) is 10.4. The van der Waals surface area contributed by atoms with Gasteiger partial charge in [-0.25, -0.2) is 8.78 Å². The molecule has 4 rings (SSSR count). The van der Waals surface area contributed by atoms with Gasteiger partial charge in [-0.2, -0.15) is 0 Å². The number of hydrogen-bond donors (Lipinski definition) is 0. The van der Waals surface area contributed by atoms with Gasteiger partial charge in [0.25, 0.3) is 0 Å². The van der Waals surface area contributed by atoms with Gasteiger partial charge in [0.2, 0.25) is 0 Å². The molecule has 1 aliphatic heterocycles. The second kappa shape index (κ2) is 9.68. The third kappa shape index (κ3) is 5.55. The Morgan fingerprint density at radius 3 is 1.80 bits per heavy atom. The quantitative estimate of drug-likeness (QED) is 0.543. The van der Waals surface area contributed by atoms with E-state index in [0.29, 0.717) is 0 Å². The van der Waals surface area contributed by atoms with Gasteiger partial charge in [-0.3, -0.25) is 4.90 Å². The van der Waals surface area contributed by atoms with E-state index < -0.39 is 0 Å². The molecule has 1 saturated heterocycles. The SMILES string of the molecule is Fc1ccc(/C=C/CN2CCN(c3ccc(Cc4ccc(F)cc4)cc3)CC2)cc1. The van der Waals surface area contributed by atoms with Crippen LogP contribution in [0.2, 0.25) is 0 Å². The van der Waals surface area contributed by atoms with Crippen LogP contribution in [0.1, 0.15) is 16.7 Å². The van der Waals surface area contributed by atoms with E-state index in [2.05, 4.69) is 40.1 Å². The number of nitrogens with zero attached hydrogens (tertiary/aromatic N) is 2. The first kappa shape index (κ1) is 20.3. The maximum atomic E-state index is 13.0. The van der Waals surface area contributed by atoms with Crippen LogP contribution in [0.25, 0.3) is 6.08 Å². The summed E-state index contributed by atoms with van der Waals surface area (Å²) in [6.07, 6.45) is 5.01. The monoisotopic (exact) mass is 404 g/mol. The molecule has 4 heteroatoms.